The van der Waals surface area contributed by atoms with Gasteiger partial charge in [-0.15, -0.1) is 0 Å². The van der Waals surface area contributed by atoms with Gasteiger partial charge in [0, 0.05) is 0 Å². The summed E-state index contributed by atoms with van der Waals surface area (Å²) in [5.41, 5.74) is 0. The van der Waals surface area contributed by atoms with Crippen LogP contribution in [0.2, 0.25) is 0 Å². The van der Waals surface area contributed by atoms with E-state index < -0.39 is 12.1 Å². The van der Waals surface area contributed by atoms with Crippen LogP contribution in [0.15, 0.2) is 0 Å². The maximum Gasteiger partial charge on any atom is 0.332 e. The largest absolute Gasteiger partial charge is 0.479 e. The first-order valence-electron chi connectivity index (χ1n) is 4.54. The molecule has 0 unspecified atom stereocenters. The Hall–Kier alpha value is -0.570. The van der Waals surface area contributed by atoms with E-state index in [0.717, 1.165) is 25.7 Å². The van der Waals surface area contributed by atoms with Crippen molar-refractivity contribution in [2.45, 2.75) is 45.6 Å². The molecule has 0 bridgehead atoms. The lowest BCUT2D eigenvalue weighted by molar-refractivity contribution is -0.149. The fraction of sp³-hybridized carbons (Fsp3) is 0.889. The topological polar surface area (TPSA) is 57.5 Å². The minimum Gasteiger partial charge on any atom is -0.479 e. The highest BCUT2D eigenvalue weighted by Gasteiger charge is 2.22. The second-order valence-electron chi connectivity index (χ2n) is 3.09. The molecule has 2 atom stereocenters. The highest BCUT2D eigenvalue weighted by Crippen LogP contribution is 2.16. The molecule has 0 aliphatic carbocycles. The Kier molecular flexibility index (Phi) is 5.72. The van der Waals surface area contributed by atoms with Crippen LogP contribution < -0.4 is 0 Å². The quantitative estimate of drug-likeness (QED) is 0.643. The second kappa shape index (κ2) is 6.00. The van der Waals surface area contributed by atoms with Gasteiger partial charge in [-0.25, -0.2) is 4.79 Å². The van der Waals surface area contributed by atoms with Crippen molar-refractivity contribution in [3.63, 3.8) is 0 Å². The summed E-state index contributed by atoms with van der Waals surface area (Å²) in [7, 11) is 0. The van der Waals surface area contributed by atoms with Gasteiger partial charge in [-0.3, -0.25) is 0 Å². The Morgan fingerprint density at radius 3 is 2.33 bits per heavy atom. The number of aliphatic hydroxyl groups is 1. The molecule has 0 amide bonds. The van der Waals surface area contributed by atoms with Crippen LogP contribution >= 0.6 is 0 Å². The Morgan fingerprint density at radius 1 is 1.42 bits per heavy atom. The summed E-state index contributed by atoms with van der Waals surface area (Å²) in [5, 5.41) is 17.7. The standard InChI is InChI=1S/C9H18O3/c1-3-5-6-7(4-2)8(10)9(11)12/h7-8,10H,3-6H2,1-2H3,(H,11,12)/t7-,8+/m1/s1. The normalized spacial score (nSPS) is 15.6. The van der Waals surface area contributed by atoms with Crippen molar-refractivity contribution in [2.75, 3.05) is 0 Å². The third-order valence-electron chi connectivity index (χ3n) is 2.15. The Morgan fingerprint density at radius 2 is 2.00 bits per heavy atom. The maximum atomic E-state index is 10.4. The van der Waals surface area contributed by atoms with Crippen LogP contribution in [0.4, 0.5) is 0 Å². The van der Waals surface area contributed by atoms with Gasteiger partial charge in [0.1, 0.15) is 0 Å². The van der Waals surface area contributed by atoms with E-state index >= 15 is 0 Å². The molecule has 0 spiro atoms. The predicted octanol–water partition coefficient (Wildman–Crippen LogP) is 1.65. The average Bonchev–Trinajstić information content (AvgIpc) is 2.05. The molecular weight excluding hydrogens is 156 g/mol. The molecule has 0 fully saturated rings. The molecule has 0 aliphatic rings. The fourth-order valence-corrected chi connectivity index (χ4v) is 1.25. The van der Waals surface area contributed by atoms with E-state index in [1.807, 2.05) is 6.92 Å². The summed E-state index contributed by atoms with van der Waals surface area (Å²) in [6.45, 7) is 3.96. The number of rotatable bonds is 6. The second-order valence-corrected chi connectivity index (χ2v) is 3.09. The molecule has 0 heterocycles. The summed E-state index contributed by atoms with van der Waals surface area (Å²) < 4.78 is 0. The van der Waals surface area contributed by atoms with Crippen molar-refractivity contribution < 1.29 is 15.0 Å². The molecule has 12 heavy (non-hydrogen) atoms. The van der Waals surface area contributed by atoms with E-state index in [9.17, 15) is 9.90 Å². The first-order valence-corrected chi connectivity index (χ1v) is 4.54. The number of aliphatic carboxylic acids is 1. The molecule has 0 aromatic rings. The van der Waals surface area contributed by atoms with Crippen molar-refractivity contribution >= 4 is 5.97 Å². The molecular formula is C9H18O3. The number of carboxylic acid groups (broad SMARTS) is 1. The van der Waals surface area contributed by atoms with Gasteiger partial charge in [-0.2, -0.15) is 0 Å². The van der Waals surface area contributed by atoms with Gasteiger partial charge in [0.2, 0.25) is 0 Å². The highest BCUT2D eigenvalue weighted by atomic mass is 16.4. The number of aliphatic hydroxyl groups excluding tert-OH is 1. The van der Waals surface area contributed by atoms with Crippen LogP contribution in [-0.2, 0) is 4.79 Å². The van der Waals surface area contributed by atoms with Gasteiger partial charge in [0.15, 0.2) is 6.10 Å². The van der Waals surface area contributed by atoms with Crippen LogP contribution in [0.1, 0.15) is 39.5 Å². The molecule has 0 aliphatic heterocycles. The van der Waals surface area contributed by atoms with E-state index in [1.165, 1.54) is 0 Å². The average molecular weight is 174 g/mol. The molecule has 3 heteroatoms. The monoisotopic (exact) mass is 174 g/mol. The molecule has 72 valence electrons. The van der Waals surface area contributed by atoms with Crippen molar-refractivity contribution in [3.05, 3.63) is 0 Å². The molecule has 3 nitrogen and oxygen atoms in total. The summed E-state index contributed by atoms with van der Waals surface area (Å²) >= 11 is 0. The molecule has 2 N–H and O–H groups in total. The minimum absolute atomic E-state index is 0.0811. The zero-order valence-electron chi connectivity index (χ0n) is 7.79. The molecule has 0 aromatic carbocycles. The Labute approximate surface area is 73.4 Å². The van der Waals surface area contributed by atoms with Crippen molar-refractivity contribution in [3.8, 4) is 0 Å². The smallest absolute Gasteiger partial charge is 0.332 e. The van der Waals surface area contributed by atoms with Gasteiger partial charge in [-0.1, -0.05) is 33.1 Å². The summed E-state index contributed by atoms with van der Waals surface area (Å²) in [6, 6.07) is 0. The first-order chi connectivity index (χ1) is 5.63. The van der Waals surface area contributed by atoms with Crippen LogP contribution in [0.25, 0.3) is 0 Å². The van der Waals surface area contributed by atoms with E-state index in [0.29, 0.717) is 0 Å². The molecule has 0 aromatic heterocycles. The molecule has 0 rings (SSSR count). The summed E-state index contributed by atoms with van der Waals surface area (Å²) in [4.78, 5) is 10.4. The number of hydrogen-bond donors (Lipinski definition) is 2. The van der Waals surface area contributed by atoms with Crippen LogP contribution in [0.3, 0.4) is 0 Å². The number of carboxylic acids is 1. The van der Waals surface area contributed by atoms with E-state index in [1.54, 1.807) is 0 Å². The summed E-state index contributed by atoms with van der Waals surface area (Å²) in [5.74, 6) is -1.18. The Balaban J connectivity index is 3.87. The van der Waals surface area contributed by atoms with Crippen molar-refractivity contribution in [1.29, 1.82) is 0 Å². The lowest BCUT2D eigenvalue weighted by atomic mass is 9.93. The van der Waals surface area contributed by atoms with Crippen LogP contribution in [0.5, 0.6) is 0 Å². The van der Waals surface area contributed by atoms with Crippen molar-refractivity contribution in [1.82, 2.24) is 0 Å². The molecule has 0 saturated heterocycles. The third-order valence-corrected chi connectivity index (χ3v) is 2.15. The first kappa shape index (κ1) is 11.4. The lowest BCUT2D eigenvalue weighted by Gasteiger charge is -2.17. The van der Waals surface area contributed by atoms with Gasteiger partial charge in [-0.05, 0) is 12.3 Å². The minimum atomic E-state index is -1.18. The number of hydrogen-bond acceptors (Lipinski definition) is 2. The zero-order valence-corrected chi connectivity index (χ0v) is 7.79. The van der Waals surface area contributed by atoms with E-state index in [2.05, 4.69) is 6.92 Å². The highest BCUT2D eigenvalue weighted by molar-refractivity contribution is 5.72. The number of unbranched alkanes of at least 4 members (excludes halogenated alkanes) is 1. The maximum absolute atomic E-state index is 10.4. The van der Waals surface area contributed by atoms with E-state index in [-0.39, 0.29) is 5.92 Å². The van der Waals surface area contributed by atoms with Gasteiger partial charge >= 0.3 is 5.97 Å². The number of carbonyl (C=O) groups is 1. The van der Waals surface area contributed by atoms with Crippen LogP contribution in [-0.4, -0.2) is 22.3 Å². The third kappa shape index (κ3) is 3.72. The van der Waals surface area contributed by atoms with Gasteiger partial charge < -0.3 is 10.2 Å². The molecule has 0 saturated carbocycles. The van der Waals surface area contributed by atoms with Crippen LogP contribution in [0, 0.1) is 5.92 Å². The molecule has 0 radical (unpaired) electrons. The van der Waals surface area contributed by atoms with Gasteiger partial charge in [0.05, 0.1) is 0 Å². The van der Waals surface area contributed by atoms with Gasteiger partial charge in [0.25, 0.3) is 0 Å². The zero-order chi connectivity index (χ0) is 9.56. The summed E-state index contributed by atoms with van der Waals surface area (Å²) in [6.07, 6.45) is 2.39. The lowest BCUT2D eigenvalue weighted by Crippen LogP contribution is -2.28. The predicted molar refractivity (Wildman–Crippen MR) is 46.9 cm³/mol. The SMILES string of the molecule is CCCC[C@@H](CC)[C@H](O)C(=O)O. The fourth-order valence-electron chi connectivity index (χ4n) is 1.25. The Bertz CT molecular complexity index is 134. The van der Waals surface area contributed by atoms with E-state index in [4.69, 9.17) is 5.11 Å². The van der Waals surface area contributed by atoms with Crippen molar-refractivity contribution in [2.24, 2.45) is 5.92 Å².